The van der Waals surface area contributed by atoms with Crippen LogP contribution >= 0.6 is 0 Å². The summed E-state index contributed by atoms with van der Waals surface area (Å²) in [7, 11) is 6.38. The quantitative estimate of drug-likeness (QED) is 0.836. The smallest absolute Gasteiger partial charge is 0.141 e. The van der Waals surface area contributed by atoms with E-state index in [1.165, 1.54) is 25.3 Å². The van der Waals surface area contributed by atoms with Gasteiger partial charge in [0.05, 0.1) is 18.0 Å². The Morgan fingerprint density at radius 2 is 2.05 bits per heavy atom. The predicted molar refractivity (Wildman–Crippen MR) is 81.5 cm³/mol. The molecular formula is C16H26FN3O. The topological polar surface area (TPSA) is 39.6 Å². The standard InChI is InChI=1S/C16H26FN3O/c1-19(2)16(8-4-9-16)12-20(3)10-7-15(21)14-6-5-13(17)11-18-14/h5-6,11,15,21H,4,7-10,12H2,1-3H3. The summed E-state index contributed by atoms with van der Waals surface area (Å²) in [6.45, 7) is 1.82. The molecule has 0 spiro atoms. The van der Waals surface area contributed by atoms with Crippen molar-refractivity contribution >= 4 is 0 Å². The van der Waals surface area contributed by atoms with Crippen LogP contribution in [0.5, 0.6) is 0 Å². The van der Waals surface area contributed by atoms with Gasteiger partial charge in [-0.25, -0.2) is 4.39 Å². The molecule has 1 aromatic rings. The lowest BCUT2D eigenvalue weighted by Gasteiger charge is -2.49. The molecule has 118 valence electrons. The van der Waals surface area contributed by atoms with Gasteiger partial charge in [0.15, 0.2) is 0 Å². The molecule has 2 rings (SSSR count). The molecule has 1 saturated carbocycles. The van der Waals surface area contributed by atoms with Crippen LogP contribution in [0.25, 0.3) is 0 Å². The van der Waals surface area contributed by atoms with Crippen LogP contribution in [0.2, 0.25) is 0 Å². The summed E-state index contributed by atoms with van der Waals surface area (Å²) < 4.78 is 12.8. The largest absolute Gasteiger partial charge is 0.387 e. The number of hydrogen-bond acceptors (Lipinski definition) is 4. The van der Waals surface area contributed by atoms with Crippen molar-refractivity contribution in [3.05, 3.63) is 29.8 Å². The van der Waals surface area contributed by atoms with Crippen molar-refractivity contribution in [1.29, 1.82) is 0 Å². The van der Waals surface area contributed by atoms with Gasteiger partial charge in [-0.05, 0) is 59.0 Å². The Labute approximate surface area is 126 Å². The van der Waals surface area contributed by atoms with E-state index in [-0.39, 0.29) is 5.82 Å². The van der Waals surface area contributed by atoms with Crippen LogP contribution in [-0.2, 0) is 0 Å². The van der Waals surface area contributed by atoms with Gasteiger partial charge >= 0.3 is 0 Å². The molecular weight excluding hydrogens is 269 g/mol. The van der Waals surface area contributed by atoms with E-state index in [2.05, 4.69) is 35.9 Å². The number of aliphatic hydroxyl groups is 1. The minimum atomic E-state index is -0.634. The molecule has 0 radical (unpaired) electrons. The summed E-state index contributed by atoms with van der Waals surface area (Å²) in [6.07, 6.45) is 4.91. The maximum Gasteiger partial charge on any atom is 0.141 e. The molecule has 1 aromatic heterocycles. The van der Waals surface area contributed by atoms with Crippen molar-refractivity contribution < 1.29 is 9.50 Å². The number of halogens is 1. The third-order valence-corrected chi connectivity index (χ3v) is 4.67. The highest BCUT2D eigenvalue weighted by molar-refractivity contribution is 5.08. The summed E-state index contributed by atoms with van der Waals surface area (Å²) in [5, 5.41) is 10.1. The highest BCUT2D eigenvalue weighted by Gasteiger charge is 2.39. The Morgan fingerprint density at radius 3 is 2.52 bits per heavy atom. The maximum atomic E-state index is 12.8. The molecule has 0 bridgehead atoms. The lowest BCUT2D eigenvalue weighted by atomic mass is 9.75. The molecule has 0 aliphatic heterocycles. The fraction of sp³-hybridized carbons (Fsp3) is 0.688. The van der Waals surface area contributed by atoms with E-state index in [9.17, 15) is 9.50 Å². The fourth-order valence-corrected chi connectivity index (χ4v) is 2.99. The van der Waals surface area contributed by atoms with Gasteiger partial charge in [0, 0.05) is 18.6 Å². The molecule has 0 amide bonds. The van der Waals surface area contributed by atoms with Gasteiger partial charge in [0.2, 0.25) is 0 Å². The van der Waals surface area contributed by atoms with Crippen LogP contribution in [0.1, 0.15) is 37.5 Å². The lowest BCUT2D eigenvalue weighted by Crippen LogP contribution is -2.56. The normalized spacial score (nSPS) is 18.8. The minimum absolute atomic E-state index is 0.299. The van der Waals surface area contributed by atoms with E-state index in [1.54, 1.807) is 6.07 Å². The number of aromatic nitrogens is 1. The molecule has 1 aliphatic rings. The molecule has 1 heterocycles. The third kappa shape index (κ3) is 3.99. The van der Waals surface area contributed by atoms with Crippen molar-refractivity contribution in [2.75, 3.05) is 34.2 Å². The fourth-order valence-electron chi connectivity index (χ4n) is 2.99. The van der Waals surface area contributed by atoms with Crippen LogP contribution in [0.15, 0.2) is 18.3 Å². The van der Waals surface area contributed by atoms with E-state index < -0.39 is 6.10 Å². The van der Waals surface area contributed by atoms with Crippen molar-refractivity contribution in [2.45, 2.75) is 37.3 Å². The van der Waals surface area contributed by atoms with Crippen LogP contribution in [0.3, 0.4) is 0 Å². The molecule has 0 saturated heterocycles. The van der Waals surface area contributed by atoms with Gasteiger partial charge in [-0.2, -0.15) is 0 Å². The van der Waals surface area contributed by atoms with E-state index in [4.69, 9.17) is 0 Å². The number of pyridine rings is 1. The second-order valence-electron chi connectivity index (χ2n) is 6.42. The second kappa shape index (κ2) is 6.81. The number of nitrogens with zero attached hydrogens (tertiary/aromatic N) is 3. The van der Waals surface area contributed by atoms with E-state index in [1.807, 2.05) is 0 Å². The first kappa shape index (κ1) is 16.3. The van der Waals surface area contributed by atoms with Gasteiger partial charge in [-0.1, -0.05) is 0 Å². The van der Waals surface area contributed by atoms with Gasteiger partial charge < -0.3 is 14.9 Å². The summed E-state index contributed by atoms with van der Waals surface area (Å²) in [5.41, 5.74) is 0.837. The maximum absolute atomic E-state index is 12.8. The highest BCUT2D eigenvalue weighted by atomic mass is 19.1. The van der Waals surface area contributed by atoms with Crippen molar-refractivity contribution in [1.82, 2.24) is 14.8 Å². The van der Waals surface area contributed by atoms with Gasteiger partial charge in [-0.3, -0.25) is 4.98 Å². The van der Waals surface area contributed by atoms with Gasteiger partial charge in [0.25, 0.3) is 0 Å². The average molecular weight is 295 g/mol. The Kier molecular flexibility index (Phi) is 5.30. The number of aliphatic hydroxyl groups excluding tert-OH is 1. The molecule has 1 N–H and O–H groups in total. The summed E-state index contributed by atoms with van der Waals surface area (Å²) >= 11 is 0. The molecule has 1 atom stereocenters. The molecule has 1 aliphatic carbocycles. The Hall–Kier alpha value is -1.04. The van der Waals surface area contributed by atoms with E-state index in [0.29, 0.717) is 17.7 Å². The molecule has 21 heavy (non-hydrogen) atoms. The van der Waals surface area contributed by atoms with Crippen LogP contribution in [-0.4, -0.2) is 59.7 Å². The zero-order chi connectivity index (χ0) is 15.5. The third-order valence-electron chi connectivity index (χ3n) is 4.67. The number of rotatable bonds is 7. The predicted octanol–water partition coefficient (Wildman–Crippen LogP) is 2.06. The summed E-state index contributed by atoms with van der Waals surface area (Å²) in [4.78, 5) is 8.53. The second-order valence-corrected chi connectivity index (χ2v) is 6.42. The molecule has 5 heteroatoms. The van der Waals surface area contributed by atoms with Gasteiger partial charge in [0.1, 0.15) is 5.82 Å². The zero-order valence-electron chi connectivity index (χ0n) is 13.2. The molecule has 0 aromatic carbocycles. The Bertz CT molecular complexity index is 445. The summed E-state index contributed by atoms with van der Waals surface area (Å²) in [6, 6.07) is 2.89. The Morgan fingerprint density at radius 1 is 1.33 bits per heavy atom. The Balaban J connectivity index is 1.80. The first-order valence-electron chi connectivity index (χ1n) is 7.58. The SMILES string of the molecule is CN(CCC(O)c1ccc(F)cn1)CC1(N(C)C)CCC1. The monoisotopic (exact) mass is 295 g/mol. The van der Waals surface area contributed by atoms with Crippen molar-refractivity contribution in [3.8, 4) is 0 Å². The first-order chi connectivity index (χ1) is 9.93. The van der Waals surface area contributed by atoms with Crippen molar-refractivity contribution in [2.24, 2.45) is 0 Å². The van der Waals surface area contributed by atoms with Gasteiger partial charge in [-0.15, -0.1) is 0 Å². The van der Waals surface area contributed by atoms with Crippen molar-refractivity contribution in [3.63, 3.8) is 0 Å². The first-order valence-corrected chi connectivity index (χ1v) is 7.58. The number of hydrogen-bond donors (Lipinski definition) is 1. The minimum Gasteiger partial charge on any atom is -0.387 e. The number of likely N-dealkylation sites (N-methyl/N-ethyl adjacent to an activating group) is 2. The summed E-state index contributed by atoms with van der Waals surface area (Å²) in [5.74, 6) is -0.374. The average Bonchev–Trinajstić information content (AvgIpc) is 2.40. The van der Waals surface area contributed by atoms with Crippen LogP contribution in [0, 0.1) is 5.82 Å². The van der Waals surface area contributed by atoms with E-state index >= 15 is 0 Å². The van der Waals surface area contributed by atoms with Crippen LogP contribution < -0.4 is 0 Å². The lowest BCUT2D eigenvalue weighted by molar-refractivity contribution is 0.0237. The van der Waals surface area contributed by atoms with Crippen LogP contribution in [0.4, 0.5) is 4.39 Å². The highest BCUT2D eigenvalue weighted by Crippen LogP contribution is 2.36. The molecule has 4 nitrogen and oxygen atoms in total. The molecule has 1 fully saturated rings. The molecule has 1 unspecified atom stereocenters. The zero-order valence-corrected chi connectivity index (χ0v) is 13.2. The van der Waals surface area contributed by atoms with E-state index in [0.717, 1.165) is 19.3 Å².